The fourth-order valence-corrected chi connectivity index (χ4v) is 1.72. The summed E-state index contributed by atoms with van der Waals surface area (Å²) in [5, 5.41) is 0. The summed E-state index contributed by atoms with van der Waals surface area (Å²) in [6.45, 7) is 6.84. The molecular weight excluding hydrogens is 132 g/mol. The van der Waals surface area contributed by atoms with Crippen LogP contribution < -0.4 is 0 Å². The molecule has 1 rings (SSSR count). The van der Waals surface area contributed by atoms with Crippen molar-refractivity contribution in [3.8, 4) is 0 Å². The lowest BCUT2D eigenvalue weighted by atomic mass is 9.89. The van der Waals surface area contributed by atoms with Gasteiger partial charge >= 0.3 is 0 Å². The molecule has 0 N–H and O–H groups in total. The van der Waals surface area contributed by atoms with Crippen molar-refractivity contribution < 1.29 is 0 Å². The van der Waals surface area contributed by atoms with Crippen LogP contribution in [0.25, 0.3) is 0 Å². The van der Waals surface area contributed by atoms with Crippen molar-refractivity contribution in [2.45, 2.75) is 33.6 Å². The van der Waals surface area contributed by atoms with Crippen molar-refractivity contribution in [1.29, 1.82) is 0 Å². The SMILES string of the molecule is CCCC1=CC=CC1C(C)C. The molecule has 0 aromatic rings. The summed E-state index contributed by atoms with van der Waals surface area (Å²) in [7, 11) is 0. The quantitative estimate of drug-likeness (QED) is 0.577. The number of hydrogen-bond acceptors (Lipinski definition) is 0. The topological polar surface area (TPSA) is 0 Å². The van der Waals surface area contributed by atoms with E-state index in [9.17, 15) is 0 Å². The fourth-order valence-electron chi connectivity index (χ4n) is 1.72. The molecule has 0 aromatic carbocycles. The first kappa shape index (κ1) is 8.58. The van der Waals surface area contributed by atoms with Gasteiger partial charge in [-0.3, -0.25) is 0 Å². The third kappa shape index (κ3) is 1.95. The van der Waals surface area contributed by atoms with E-state index < -0.39 is 0 Å². The average Bonchev–Trinajstić information content (AvgIpc) is 2.36. The highest BCUT2D eigenvalue weighted by Crippen LogP contribution is 2.29. The zero-order chi connectivity index (χ0) is 8.27. The molecule has 0 radical (unpaired) electrons. The molecule has 11 heavy (non-hydrogen) atoms. The van der Waals surface area contributed by atoms with Crippen LogP contribution in [0.3, 0.4) is 0 Å². The normalized spacial score (nSPS) is 22.9. The monoisotopic (exact) mass is 150 g/mol. The van der Waals surface area contributed by atoms with Crippen LogP contribution in [0.15, 0.2) is 23.8 Å². The van der Waals surface area contributed by atoms with Crippen LogP contribution in [0.1, 0.15) is 33.6 Å². The zero-order valence-corrected chi connectivity index (χ0v) is 7.80. The maximum absolute atomic E-state index is 2.33. The predicted octanol–water partition coefficient (Wildman–Crippen LogP) is 3.55. The predicted molar refractivity (Wildman–Crippen MR) is 50.5 cm³/mol. The summed E-state index contributed by atoms with van der Waals surface area (Å²) < 4.78 is 0. The van der Waals surface area contributed by atoms with Crippen LogP contribution in [0.5, 0.6) is 0 Å². The Morgan fingerprint density at radius 1 is 1.45 bits per heavy atom. The molecule has 0 heteroatoms. The van der Waals surface area contributed by atoms with Crippen LogP contribution in [0.4, 0.5) is 0 Å². The van der Waals surface area contributed by atoms with Crippen molar-refractivity contribution in [3.63, 3.8) is 0 Å². The van der Waals surface area contributed by atoms with Gasteiger partial charge in [0.15, 0.2) is 0 Å². The minimum Gasteiger partial charge on any atom is -0.0771 e. The second-order valence-electron chi connectivity index (χ2n) is 3.65. The Morgan fingerprint density at radius 3 is 2.73 bits per heavy atom. The molecule has 0 saturated carbocycles. The highest BCUT2D eigenvalue weighted by atomic mass is 14.2. The average molecular weight is 150 g/mol. The minimum atomic E-state index is 0.731. The van der Waals surface area contributed by atoms with Gasteiger partial charge in [-0.25, -0.2) is 0 Å². The van der Waals surface area contributed by atoms with Gasteiger partial charge in [-0.1, -0.05) is 51.0 Å². The van der Waals surface area contributed by atoms with Crippen molar-refractivity contribution in [3.05, 3.63) is 23.8 Å². The van der Waals surface area contributed by atoms with Gasteiger partial charge in [-0.15, -0.1) is 0 Å². The lowest BCUT2D eigenvalue weighted by molar-refractivity contribution is 0.516. The molecule has 0 amide bonds. The van der Waals surface area contributed by atoms with E-state index in [-0.39, 0.29) is 0 Å². The van der Waals surface area contributed by atoms with Gasteiger partial charge in [0.05, 0.1) is 0 Å². The number of allylic oxidation sites excluding steroid dienone is 4. The molecule has 0 saturated heterocycles. The molecule has 1 unspecified atom stereocenters. The molecular formula is C11H18. The Balaban J connectivity index is 2.54. The first-order valence-electron chi connectivity index (χ1n) is 4.63. The molecule has 0 bridgehead atoms. The van der Waals surface area contributed by atoms with E-state index >= 15 is 0 Å². The molecule has 0 nitrogen and oxygen atoms in total. The molecule has 0 heterocycles. The Morgan fingerprint density at radius 2 is 2.18 bits per heavy atom. The molecule has 0 aliphatic heterocycles. The van der Waals surface area contributed by atoms with Crippen LogP contribution in [0.2, 0.25) is 0 Å². The van der Waals surface area contributed by atoms with Crippen molar-refractivity contribution >= 4 is 0 Å². The third-order valence-electron chi connectivity index (χ3n) is 2.31. The van der Waals surface area contributed by atoms with E-state index in [1.807, 2.05) is 0 Å². The molecule has 62 valence electrons. The lowest BCUT2D eigenvalue weighted by Crippen LogP contribution is -2.06. The van der Waals surface area contributed by atoms with Crippen LogP contribution in [-0.4, -0.2) is 0 Å². The Kier molecular flexibility index (Phi) is 2.92. The molecule has 1 aliphatic carbocycles. The second-order valence-corrected chi connectivity index (χ2v) is 3.65. The maximum Gasteiger partial charge on any atom is 0.000599 e. The van der Waals surface area contributed by atoms with Crippen molar-refractivity contribution in [2.24, 2.45) is 11.8 Å². The van der Waals surface area contributed by atoms with Gasteiger partial charge in [0.25, 0.3) is 0 Å². The van der Waals surface area contributed by atoms with Gasteiger partial charge in [0.2, 0.25) is 0 Å². The molecule has 1 atom stereocenters. The van der Waals surface area contributed by atoms with Crippen LogP contribution in [-0.2, 0) is 0 Å². The third-order valence-corrected chi connectivity index (χ3v) is 2.31. The molecule has 0 aromatic heterocycles. The van der Waals surface area contributed by atoms with Gasteiger partial charge in [-0.2, -0.15) is 0 Å². The summed E-state index contributed by atoms with van der Waals surface area (Å²) in [6, 6.07) is 0. The van der Waals surface area contributed by atoms with E-state index in [1.165, 1.54) is 12.8 Å². The van der Waals surface area contributed by atoms with E-state index in [0.717, 1.165) is 11.8 Å². The molecule has 1 aliphatic rings. The van der Waals surface area contributed by atoms with E-state index in [0.29, 0.717) is 0 Å². The first-order chi connectivity index (χ1) is 5.25. The second kappa shape index (κ2) is 3.75. The number of rotatable bonds is 3. The summed E-state index contributed by atoms with van der Waals surface area (Å²) in [5.74, 6) is 1.50. The summed E-state index contributed by atoms with van der Waals surface area (Å²) in [4.78, 5) is 0. The van der Waals surface area contributed by atoms with Crippen molar-refractivity contribution in [2.75, 3.05) is 0 Å². The Labute approximate surface area is 70.0 Å². The van der Waals surface area contributed by atoms with Crippen LogP contribution in [0, 0.1) is 11.8 Å². The maximum atomic E-state index is 2.33. The Hall–Kier alpha value is -0.520. The van der Waals surface area contributed by atoms with Gasteiger partial charge in [0, 0.05) is 5.92 Å². The van der Waals surface area contributed by atoms with E-state index in [1.54, 1.807) is 5.57 Å². The van der Waals surface area contributed by atoms with Gasteiger partial charge in [0.1, 0.15) is 0 Å². The van der Waals surface area contributed by atoms with Crippen LogP contribution >= 0.6 is 0 Å². The fraction of sp³-hybridized carbons (Fsp3) is 0.636. The largest absolute Gasteiger partial charge is 0.0771 e. The highest BCUT2D eigenvalue weighted by molar-refractivity contribution is 5.27. The summed E-state index contributed by atoms with van der Waals surface area (Å²) in [6.07, 6.45) is 9.37. The van der Waals surface area contributed by atoms with E-state index in [2.05, 4.69) is 39.0 Å². The lowest BCUT2D eigenvalue weighted by Gasteiger charge is -2.16. The summed E-state index contributed by atoms with van der Waals surface area (Å²) >= 11 is 0. The standard InChI is InChI=1S/C11H18/c1-4-6-10-7-5-8-11(10)9(2)3/h5,7-9,11H,4,6H2,1-3H3. The van der Waals surface area contributed by atoms with Crippen molar-refractivity contribution in [1.82, 2.24) is 0 Å². The smallest absolute Gasteiger partial charge is 0.000599 e. The van der Waals surface area contributed by atoms with Gasteiger partial charge in [-0.05, 0) is 12.3 Å². The zero-order valence-electron chi connectivity index (χ0n) is 7.80. The molecule has 0 fully saturated rings. The van der Waals surface area contributed by atoms with Gasteiger partial charge < -0.3 is 0 Å². The highest BCUT2D eigenvalue weighted by Gasteiger charge is 2.16. The molecule has 0 spiro atoms. The minimum absolute atomic E-state index is 0.731. The summed E-state index contributed by atoms with van der Waals surface area (Å²) in [5.41, 5.74) is 1.63. The Bertz CT molecular complexity index is 172. The number of hydrogen-bond donors (Lipinski definition) is 0. The first-order valence-corrected chi connectivity index (χ1v) is 4.63. The van der Waals surface area contributed by atoms with E-state index in [4.69, 9.17) is 0 Å².